The molecule has 11 heteroatoms. The van der Waals surface area contributed by atoms with Gasteiger partial charge in [-0.3, -0.25) is 15.0 Å². The molecule has 0 aliphatic carbocycles. The summed E-state index contributed by atoms with van der Waals surface area (Å²) in [5.74, 6) is 0. The van der Waals surface area contributed by atoms with Crippen LogP contribution in [0.3, 0.4) is 0 Å². The third-order valence-corrected chi connectivity index (χ3v) is 4.80. The molecule has 0 spiro atoms. The zero-order valence-corrected chi connectivity index (χ0v) is 14.9. The van der Waals surface area contributed by atoms with Crippen LogP contribution in [0, 0.1) is 20.2 Å². The average Bonchev–Trinajstić information content (AvgIpc) is 2.66. The van der Waals surface area contributed by atoms with Crippen molar-refractivity contribution < 1.29 is 17.1 Å². The van der Waals surface area contributed by atoms with Crippen molar-refractivity contribution in [2.24, 2.45) is 10.7 Å². The summed E-state index contributed by atoms with van der Waals surface area (Å²) in [6, 6.07) is 17.9. The van der Waals surface area contributed by atoms with Gasteiger partial charge < -0.3 is 20.2 Å². The number of nitrogens with zero attached hydrogens (tertiary/aromatic N) is 5. The Hall–Kier alpha value is -2.80. The Kier molecular flexibility index (Phi) is 13.0. The molecule has 3 heterocycles. The van der Waals surface area contributed by atoms with Crippen LogP contribution in [0.25, 0.3) is 0 Å². The molecule has 0 bridgehead atoms. The van der Waals surface area contributed by atoms with Crippen LogP contribution in [0.2, 0.25) is 0 Å². The van der Waals surface area contributed by atoms with Crippen LogP contribution >= 0.6 is 7.92 Å². The Morgan fingerprint density at radius 2 is 0.923 bits per heavy atom. The van der Waals surface area contributed by atoms with E-state index in [2.05, 4.69) is 15.0 Å². The molecule has 0 fully saturated rings. The Balaban J connectivity index is 0.000000793. The van der Waals surface area contributed by atoms with Gasteiger partial charge in [-0.1, -0.05) is 18.2 Å². The van der Waals surface area contributed by atoms with Gasteiger partial charge in [-0.25, -0.2) is 0 Å². The fourth-order valence-corrected chi connectivity index (χ4v) is 3.77. The number of rotatable bonds is 3. The topological polar surface area (TPSA) is 144 Å². The zero-order chi connectivity index (χ0) is 18.3. The van der Waals surface area contributed by atoms with Crippen molar-refractivity contribution in [1.82, 2.24) is 15.0 Å². The predicted octanol–water partition coefficient (Wildman–Crippen LogP) is 2.13. The number of hydrogen-bond acceptors (Lipinski definition) is 9. The summed E-state index contributed by atoms with van der Waals surface area (Å²) in [6.07, 6.45) is 5.45. The molecule has 1 radical (unpaired) electrons. The van der Waals surface area contributed by atoms with Gasteiger partial charge in [0.05, 0.1) is 16.3 Å². The SMILES string of the molecule is O=N[O-].O=N[O-].[Cu+2].c1ccc(P(c2ccccn2)c2ccccn2)nc1. The summed E-state index contributed by atoms with van der Waals surface area (Å²) in [6.45, 7) is 0. The normalized spacial score (nSPS) is 8.65. The standard InChI is InChI=1S/C15H12N3P.Cu.2HNO2/c1-4-10-16-13(7-1)19(14-8-2-5-11-17-14)15-9-3-6-12-18-15;;2*2-1-3/h1-12H;;2*(H,2,3)/q;+2;;/p-2. The zero-order valence-electron chi connectivity index (χ0n) is 13.0. The fourth-order valence-electron chi connectivity index (χ4n) is 1.81. The number of hydrogen-bond donors (Lipinski definition) is 0. The second-order valence-electron chi connectivity index (χ2n) is 4.05. The quantitative estimate of drug-likeness (QED) is 0.273. The second-order valence-corrected chi connectivity index (χ2v) is 6.09. The minimum absolute atomic E-state index is 0. The molecule has 3 aromatic heterocycles. The Morgan fingerprint density at radius 3 is 1.12 bits per heavy atom. The molecular weight excluding hydrogens is 409 g/mol. The molecule has 0 amide bonds. The maximum atomic E-state index is 8.00. The van der Waals surface area contributed by atoms with E-state index >= 15 is 0 Å². The second kappa shape index (κ2) is 14.5. The van der Waals surface area contributed by atoms with Crippen LogP contribution in [0.1, 0.15) is 0 Å². The number of aromatic nitrogens is 3. The molecule has 0 unspecified atom stereocenters. The molecule has 26 heavy (non-hydrogen) atoms. The van der Waals surface area contributed by atoms with Gasteiger partial charge >= 0.3 is 17.1 Å². The fraction of sp³-hybridized carbons (Fsp3) is 0. The first-order valence-electron chi connectivity index (χ1n) is 6.71. The largest absolute Gasteiger partial charge is 2.00 e. The molecule has 0 saturated heterocycles. The van der Waals surface area contributed by atoms with Crippen molar-refractivity contribution in [3.8, 4) is 0 Å². The summed E-state index contributed by atoms with van der Waals surface area (Å²) >= 11 is 0. The third kappa shape index (κ3) is 7.85. The van der Waals surface area contributed by atoms with Crippen LogP contribution in [0.4, 0.5) is 0 Å². The Labute approximate surface area is 160 Å². The molecule has 137 valence electrons. The van der Waals surface area contributed by atoms with Crippen LogP contribution in [-0.2, 0) is 17.1 Å². The van der Waals surface area contributed by atoms with E-state index in [-0.39, 0.29) is 17.1 Å². The van der Waals surface area contributed by atoms with Gasteiger partial charge in [0, 0.05) is 26.5 Å². The van der Waals surface area contributed by atoms with E-state index in [1.807, 2.05) is 73.2 Å². The van der Waals surface area contributed by atoms with E-state index in [0.717, 1.165) is 27.0 Å². The van der Waals surface area contributed by atoms with Crippen molar-refractivity contribution in [2.45, 2.75) is 0 Å². The molecule has 0 saturated carbocycles. The first-order valence-corrected chi connectivity index (χ1v) is 8.05. The van der Waals surface area contributed by atoms with Gasteiger partial charge in [-0.15, -0.1) is 10.7 Å². The molecule has 3 aromatic rings. The molecule has 0 aliphatic rings. The van der Waals surface area contributed by atoms with Crippen molar-refractivity contribution in [3.05, 3.63) is 93.4 Å². The minimum Gasteiger partial charge on any atom is -0.444 e. The van der Waals surface area contributed by atoms with Crippen LogP contribution in [-0.4, -0.2) is 15.0 Å². The van der Waals surface area contributed by atoms with Gasteiger partial charge in [-0.05, 0) is 36.4 Å². The summed E-state index contributed by atoms with van der Waals surface area (Å²) in [7, 11) is -0.779. The minimum atomic E-state index is -0.779. The summed E-state index contributed by atoms with van der Waals surface area (Å²) in [5, 5.41) is 18.0. The van der Waals surface area contributed by atoms with Gasteiger partial charge in [0.2, 0.25) is 0 Å². The van der Waals surface area contributed by atoms with Crippen molar-refractivity contribution in [2.75, 3.05) is 0 Å². The molecule has 0 atom stereocenters. The van der Waals surface area contributed by atoms with E-state index in [4.69, 9.17) is 20.2 Å². The van der Waals surface area contributed by atoms with Crippen LogP contribution < -0.4 is 16.3 Å². The van der Waals surface area contributed by atoms with Crippen LogP contribution in [0.15, 0.2) is 83.9 Å². The maximum absolute atomic E-state index is 8.00. The maximum Gasteiger partial charge on any atom is 2.00 e. The monoisotopic (exact) mass is 420 g/mol. The van der Waals surface area contributed by atoms with E-state index in [1.54, 1.807) is 0 Å². The molecule has 0 aliphatic heterocycles. The first-order chi connectivity index (χ1) is 12.3. The van der Waals surface area contributed by atoms with E-state index < -0.39 is 7.92 Å². The first kappa shape index (κ1) is 23.2. The number of pyridine rings is 3. The van der Waals surface area contributed by atoms with Crippen molar-refractivity contribution >= 4 is 24.2 Å². The van der Waals surface area contributed by atoms with Gasteiger partial charge in [0.1, 0.15) is 0 Å². The molecule has 0 N–H and O–H groups in total. The Morgan fingerprint density at radius 1 is 0.654 bits per heavy atom. The van der Waals surface area contributed by atoms with E-state index in [1.165, 1.54) is 0 Å². The smallest absolute Gasteiger partial charge is 0.444 e. The van der Waals surface area contributed by atoms with Crippen molar-refractivity contribution in [1.29, 1.82) is 0 Å². The van der Waals surface area contributed by atoms with Crippen LogP contribution in [0.5, 0.6) is 0 Å². The molecule has 0 aromatic carbocycles. The molecule has 3 rings (SSSR count). The summed E-state index contributed by atoms with van der Waals surface area (Å²) in [4.78, 5) is 29.4. The van der Waals surface area contributed by atoms with Gasteiger partial charge in [0.25, 0.3) is 0 Å². The van der Waals surface area contributed by atoms with E-state index in [9.17, 15) is 0 Å². The molecular formula is C15H12CuN5O4P. The summed E-state index contributed by atoms with van der Waals surface area (Å²) in [5.41, 5.74) is 3.07. The molecule has 9 nitrogen and oxygen atoms in total. The van der Waals surface area contributed by atoms with E-state index in [0.29, 0.717) is 0 Å². The third-order valence-electron chi connectivity index (χ3n) is 2.64. The van der Waals surface area contributed by atoms with Crippen molar-refractivity contribution in [3.63, 3.8) is 0 Å². The van der Waals surface area contributed by atoms with Gasteiger partial charge in [-0.2, -0.15) is 0 Å². The van der Waals surface area contributed by atoms with Gasteiger partial charge in [0.15, 0.2) is 0 Å². The average molecular weight is 421 g/mol. The Bertz CT molecular complexity index is 641. The summed E-state index contributed by atoms with van der Waals surface area (Å²) < 4.78 is 0. The predicted molar refractivity (Wildman–Crippen MR) is 96.9 cm³/mol.